The number of urea groups is 1. The third kappa shape index (κ3) is 5.34. The molecule has 0 atom stereocenters. The van der Waals surface area contributed by atoms with Gasteiger partial charge in [0.1, 0.15) is 11.6 Å². The van der Waals surface area contributed by atoms with Crippen molar-refractivity contribution < 1.29 is 13.9 Å². The van der Waals surface area contributed by atoms with Gasteiger partial charge in [0.2, 0.25) is 0 Å². The molecule has 144 valence electrons. The van der Waals surface area contributed by atoms with E-state index in [0.29, 0.717) is 29.5 Å². The van der Waals surface area contributed by atoms with Crippen LogP contribution in [0.15, 0.2) is 42.5 Å². The van der Waals surface area contributed by atoms with Crippen molar-refractivity contribution in [1.29, 1.82) is 0 Å². The number of nitrogens with one attached hydrogen (secondary N) is 1. The van der Waals surface area contributed by atoms with E-state index in [1.165, 1.54) is 12.1 Å². The molecule has 1 aliphatic heterocycles. The van der Waals surface area contributed by atoms with Crippen LogP contribution >= 0.6 is 11.6 Å². The number of halogens is 2. The predicted molar refractivity (Wildman–Crippen MR) is 105 cm³/mol. The highest BCUT2D eigenvalue weighted by atomic mass is 35.5. The van der Waals surface area contributed by atoms with E-state index in [1.807, 2.05) is 12.1 Å². The summed E-state index contributed by atoms with van der Waals surface area (Å²) in [7, 11) is 1.55. The minimum absolute atomic E-state index is 0.159. The van der Waals surface area contributed by atoms with Crippen LogP contribution < -0.4 is 10.1 Å². The number of benzene rings is 2. The van der Waals surface area contributed by atoms with Gasteiger partial charge in [0.05, 0.1) is 12.8 Å². The topological polar surface area (TPSA) is 44.8 Å². The van der Waals surface area contributed by atoms with Crippen LogP contribution in [0, 0.1) is 5.82 Å². The molecule has 5 nitrogen and oxygen atoms in total. The lowest BCUT2D eigenvalue weighted by atomic mass is 10.1. The Labute approximate surface area is 163 Å². The molecule has 1 N–H and O–H groups in total. The molecule has 2 amide bonds. The average Bonchev–Trinajstić information content (AvgIpc) is 2.68. The van der Waals surface area contributed by atoms with Crippen molar-refractivity contribution in [2.75, 3.05) is 45.2 Å². The van der Waals surface area contributed by atoms with E-state index in [9.17, 15) is 9.18 Å². The molecule has 2 aromatic rings. The van der Waals surface area contributed by atoms with Crippen molar-refractivity contribution in [3.63, 3.8) is 0 Å². The summed E-state index contributed by atoms with van der Waals surface area (Å²) in [5.74, 6) is 0.361. The number of rotatable bonds is 5. The second-order valence-corrected chi connectivity index (χ2v) is 6.92. The number of methoxy groups -OCH3 is 1. The molecule has 1 aliphatic rings. The number of piperazine rings is 1. The lowest BCUT2D eigenvalue weighted by molar-refractivity contribution is 0.148. The van der Waals surface area contributed by atoms with Gasteiger partial charge in [0.15, 0.2) is 0 Å². The third-order valence-electron chi connectivity index (χ3n) is 4.69. The molecular weight excluding hydrogens is 369 g/mol. The number of ether oxygens (including phenoxy) is 1. The predicted octanol–water partition coefficient (Wildman–Crippen LogP) is 3.88. The van der Waals surface area contributed by atoms with Gasteiger partial charge >= 0.3 is 6.03 Å². The van der Waals surface area contributed by atoms with Gasteiger partial charge in [-0.1, -0.05) is 23.7 Å². The van der Waals surface area contributed by atoms with Crippen molar-refractivity contribution in [2.24, 2.45) is 0 Å². The van der Waals surface area contributed by atoms with Gasteiger partial charge in [-0.25, -0.2) is 9.18 Å². The molecule has 0 radical (unpaired) electrons. The van der Waals surface area contributed by atoms with Gasteiger partial charge in [-0.2, -0.15) is 0 Å². The molecule has 2 aromatic carbocycles. The monoisotopic (exact) mass is 391 g/mol. The fourth-order valence-corrected chi connectivity index (χ4v) is 3.26. The second kappa shape index (κ2) is 9.06. The van der Waals surface area contributed by atoms with Gasteiger partial charge in [0.25, 0.3) is 0 Å². The molecule has 0 saturated carbocycles. The largest absolute Gasteiger partial charge is 0.495 e. The summed E-state index contributed by atoms with van der Waals surface area (Å²) in [5.41, 5.74) is 1.68. The van der Waals surface area contributed by atoms with Crippen LogP contribution in [-0.4, -0.2) is 55.7 Å². The minimum Gasteiger partial charge on any atom is -0.495 e. The number of hydrogen-bond acceptors (Lipinski definition) is 3. The van der Waals surface area contributed by atoms with Gasteiger partial charge in [-0.15, -0.1) is 0 Å². The van der Waals surface area contributed by atoms with Crippen molar-refractivity contribution in [2.45, 2.75) is 6.42 Å². The van der Waals surface area contributed by atoms with Crippen LogP contribution in [0.2, 0.25) is 5.02 Å². The summed E-state index contributed by atoms with van der Waals surface area (Å²) in [6.45, 7) is 3.81. The summed E-state index contributed by atoms with van der Waals surface area (Å²) in [6, 6.07) is 11.6. The molecule has 0 spiro atoms. The van der Waals surface area contributed by atoms with Crippen LogP contribution in [0.1, 0.15) is 5.56 Å². The first-order valence-electron chi connectivity index (χ1n) is 8.91. The SMILES string of the molecule is COc1ccc(Cl)cc1NC(=O)N1CCN(CCc2ccc(F)cc2)CC1. The smallest absolute Gasteiger partial charge is 0.322 e. The maximum atomic E-state index is 13.0. The molecule has 0 bridgehead atoms. The van der Waals surface area contributed by atoms with Crippen molar-refractivity contribution >= 4 is 23.3 Å². The van der Waals surface area contributed by atoms with E-state index < -0.39 is 0 Å². The molecular formula is C20H23ClFN3O2. The molecule has 0 unspecified atom stereocenters. The lowest BCUT2D eigenvalue weighted by Crippen LogP contribution is -2.50. The van der Waals surface area contributed by atoms with Crippen molar-refractivity contribution in [3.8, 4) is 5.75 Å². The fraction of sp³-hybridized carbons (Fsp3) is 0.350. The Hall–Kier alpha value is -2.31. The number of carbonyl (C=O) groups is 1. The normalized spacial score (nSPS) is 14.9. The first kappa shape index (κ1) is 19.5. The Balaban J connectivity index is 1.48. The summed E-state index contributed by atoms with van der Waals surface area (Å²) in [6.07, 6.45) is 0.867. The molecule has 1 fully saturated rings. The van der Waals surface area contributed by atoms with Crippen LogP contribution in [-0.2, 0) is 6.42 Å². The highest BCUT2D eigenvalue weighted by Gasteiger charge is 2.21. The average molecular weight is 392 g/mol. The van der Waals surface area contributed by atoms with Gasteiger partial charge < -0.3 is 15.0 Å². The Morgan fingerprint density at radius 3 is 2.52 bits per heavy atom. The first-order valence-corrected chi connectivity index (χ1v) is 9.29. The molecule has 0 aliphatic carbocycles. The molecule has 1 saturated heterocycles. The summed E-state index contributed by atoms with van der Waals surface area (Å²) < 4.78 is 18.2. The van der Waals surface area contributed by atoms with E-state index in [-0.39, 0.29) is 11.8 Å². The number of amides is 2. The third-order valence-corrected chi connectivity index (χ3v) is 4.93. The number of anilines is 1. The van der Waals surface area contributed by atoms with E-state index in [2.05, 4.69) is 10.2 Å². The zero-order chi connectivity index (χ0) is 19.2. The highest BCUT2D eigenvalue weighted by Crippen LogP contribution is 2.28. The summed E-state index contributed by atoms with van der Waals surface area (Å²) in [5, 5.41) is 3.41. The van der Waals surface area contributed by atoms with Crippen LogP contribution in [0.5, 0.6) is 5.75 Å². The van der Waals surface area contributed by atoms with Gasteiger partial charge in [-0.05, 0) is 42.3 Å². The lowest BCUT2D eigenvalue weighted by Gasteiger charge is -2.34. The molecule has 1 heterocycles. The summed E-state index contributed by atoms with van der Waals surface area (Å²) >= 11 is 6.01. The van der Waals surface area contributed by atoms with E-state index in [1.54, 1.807) is 30.2 Å². The van der Waals surface area contributed by atoms with Crippen molar-refractivity contribution in [3.05, 3.63) is 58.9 Å². The fourth-order valence-electron chi connectivity index (χ4n) is 3.09. The maximum Gasteiger partial charge on any atom is 0.322 e. The van der Waals surface area contributed by atoms with E-state index >= 15 is 0 Å². The first-order chi connectivity index (χ1) is 13.0. The standard InChI is InChI=1S/C20H23ClFN3O2/c1-27-19-7-4-16(21)14-18(19)23-20(26)25-12-10-24(11-13-25)9-8-15-2-5-17(22)6-3-15/h2-7,14H,8-13H2,1H3,(H,23,26). The zero-order valence-electron chi connectivity index (χ0n) is 15.3. The Kier molecular flexibility index (Phi) is 6.53. The van der Waals surface area contributed by atoms with Crippen LogP contribution in [0.4, 0.5) is 14.9 Å². The summed E-state index contributed by atoms with van der Waals surface area (Å²) in [4.78, 5) is 16.6. The van der Waals surface area contributed by atoms with Crippen LogP contribution in [0.3, 0.4) is 0 Å². The Bertz CT molecular complexity index is 777. The van der Waals surface area contributed by atoms with Gasteiger partial charge in [0, 0.05) is 37.7 Å². The van der Waals surface area contributed by atoms with Gasteiger partial charge in [-0.3, -0.25) is 4.90 Å². The van der Waals surface area contributed by atoms with E-state index in [0.717, 1.165) is 31.6 Å². The molecule has 27 heavy (non-hydrogen) atoms. The minimum atomic E-state index is -0.213. The maximum absolute atomic E-state index is 13.0. The molecule has 3 rings (SSSR count). The number of carbonyl (C=O) groups excluding carboxylic acids is 1. The molecule has 7 heteroatoms. The zero-order valence-corrected chi connectivity index (χ0v) is 16.0. The Morgan fingerprint density at radius 2 is 1.85 bits per heavy atom. The van der Waals surface area contributed by atoms with Crippen molar-refractivity contribution in [1.82, 2.24) is 9.80 Å². The van der Waals surface area contributed by atoms with E-state index in [4.69, 9.17) is 16.3 Å². The molecule has 0 aromatic heterocycles. The van der Waals surface area contributed by atoms with Crippen LogP contribution in [0.25, 0.3) is 0 Å². The highest BCUT2D eigenvalue weighted by molar-refractivity contribution is 6.31. The quantitative estimate of drug-likeness (QED) is 0.841. The second-order valence-electron chi connectivity index (χ2n) is 6.48. The number of nitrogens with zero attached hydrogens (tertiary/aromatic N) is 2. The Morgan fingerprint density at radius 1 is 1.15 bits per heavy atom. The number of hydrogen-bond donors (Lipinski definition) is 1.